The van der Waals surface area contributed by atoms with Crippen molar-refractivity contribution in [2.75, 3.05) is 19.6 Å². The number of ether oxygens (including phenoxy) is 1. The number of pyridine rings is 1. The van der Waals surface area contributed by atoms with Crippen molar-refractivity contribution in [3.63, 3.8) is 0 Å². The SMILES string of the molecule is O=C(c1cc(C2CC2)[nH]n1)N1CC(=O)N(C2CCCCC2)CC(OCc2ccccn2)C1. The Bertz CT molecular complexity index is 936. The van der Waals surface area contributed by atoms with Gasteiger partial charge in [-0.25, -0.2) is 0 Å². The van der Waals surface area contributed by atoms with E-state index in [-0.39, 0.29) is 30.5 Å². The van der Waals surface area contributed by atoms with Crippen LogP contribution in [0.4, 0.5) is 0 Å². The van der Waals surface area contributed by atoms with Gasteiger partial charge in [-0.1, -0.05) is 25.3 Å². The molecule has 1 aliphatic heterocycles. The minimum absolute atomic E-state index is 0.00661. The first-order valence-electron chi connectivity index (χ1n) is 11.8. The molecular formula is C24H31N5O3. The van der Waals surface area contributed by atoms with Gasteiger partial charge in [0.1, 0.15) is 12.2 Å². The van der Waals surface area contributed by atoms with Crippen LogP contribution in [0.5, 0.6) is 0 Å². The highest BCUT2D eigenvalue weighted by atomic mass is 16.5. The van der Waals surface area contributed by atoms with Crippen molar-refractivity contribution in [3.05, 3.63) is 47.5 Å². The lowest BCUT2D eigenvalue weighted by Crippen LogP contribution is -2.46. The van der Waals surface area contributed by atoms with Crippen LogP contribution in [-0.2, 0) is 16.1 Å². The number of aromatic nitrogens is 3. The van der Waals surface area contributed by atoms with Gasteiger partial charge >= 0.3 is 0 Å². The predicted molar refractivity (Wildman–Crippen MR) is 118 cm³/mol. The Balaban J connectivity index is 1.33. The first-order chi connectivity index (χ1) is 15.7. The maximum atomic E-state index is 13.3. The highest BCUT2D eigenvalue weighted by molar-refractivity contribution is 5.95. The molecule has 0 spiro atoms. The van der Waals surface area contributed by atoms with Crippen LogP contribution in [0.15, 0.2) is 30.5 Å². The lowest BCUT2D eigenvalue weighted by molar-refractivity contribution is -0.134. The Morgan fingerprint density at radius 3 is 2.72 bits per heavy atom. The van der Waals surface area contributed by atoms with Gasteiger partial charge in [-0.05, 0) is 43.9 Å². The number of hydrogen-bond donors (Lipinski definition) is 1. The van der Waals surface area contributed by atoms with Crippen molar-refractivity contribution >= 4 is 11.8 Å². The van der Waals surface area contributed by atoms with Gasteiger partial charge in [-0.3, -0.25) is 19.7 Å². The molecule has 8 nitrogen and oxygen atoms in total. The summed E-state index contributed by atoms with van der Waals surface area (Å²) < 4.78 is 6.21. The van der Waals surface area contributed by atoms with Crippen LogP contribution >= 0.6 is 0 Å². The van der Waals surface area contributed by atoms with E-state index >= 15 is 0 Å². The van der Waals surface area contributed by atoms with Crippen LogP contribution in [0, 0.1) is 0 Å². The summed E-state index contributed by atoms with van der Waals surface area (Å²) in [5.74, 6) is 0.289. The summed E-state index contributed by atoms with van der Waals surface area (Å²) in [5, 5.41) is 7.24. The maximum Gasteiger partial charge on any atom is 0.274 e. The lowest BCUT2D eigenvalue weighted by Gasteiger charge is -2.34. The summed E-state index contributed by atoms with van der Waals surface area (Å²) in [6, 6.07) is 7.81. The smallest absolute Gasteiger partial charge is 0.274 e. The van der Waals surface area contributed by atoms with E-state index < -0.39 is 0 Å². The molecule has 1 atom stereocenters. The molecule has 5 rings (SSSR count). The van der Waals surface area contributed by atoms with Crippen molar-refractivity contribution in [3.8, 4) is 0 Å². The fourth-order valence-corrected chi connectivity index (χ4v) is 4.85. The van der Waals surface area contributed by atoms with E-state index in [1.54, 1.807) is 11.1 Å². The summed E-state index contributed by atoms with van der Waals surface area (Å²) in [4.78, 5) is 34.4. The first kappa shape index (κ1) is 21.1. The molecule has 2 aromatic heterocycles. The van der Waals surface area contributed by atoms with Gasteiger partial charge in [-0.2, -0.15) is 5.10 Å². The average molecular weight is 438 g/mol. The Hall–Kier alpha value is -2.74. The fraction of sp³-hybridized carbons (Fsp3) is 0.583. The molecule has 170 valence electrons. The van der Waals surface area contributed by atoms with Gasteiger partial charge in [0.05, 0.1) is 18.4 Å². The lowest BCUT2D eigenvalue weighted by atomic mass is 9.94. The molecule has 0 bridgehead atoms. The van der Waals surface area contributed by atoms with Crippen LogP contribution < -0.4 is 0 Å². The largest absolute Gasteiger partial charge is 0.368 e. The minimum atomic E-state index is -0.267. The zero-order chi connectivity index (χ0) is 21.9. The molecule has 2 aliphatic carbocycles. The van der Waals surface area contributed by atoms with Gasteiger partial charge in [-0.15, -0.1) is 0 Å². The van der Waals surface area contributed by atoms with Gasteiger partial charge in [0.25, 0.3) is 5.91 Å². The number of H-pyrrole nitrogens is 1. The summed E-state index contributed by atoms with van der Waals surface area (Å²) in [6.07, 6.45) is 9.32. The second-order valence-corrected chi connectivity index (χ2v) is 9.26. The van der Waals surface area contributed by atoms with Gasteiger partial charge in [0.15, 0.2) is 0 Å². The second-order valence-electron chi connectivity index (χ2n) is 9.26. The van der Waals surface area contributed by atoms with E-state index in [2.05, 4.69) is 15.2 Å². The second kappa shape index (κ2) is 9.40. The van der Waals surface area contributed by atoms with E-state index in [4.69, 9.17) is 4.74 Å². The molecule has 3 heterocycles. The molecule has 1 N–H and O–H groups in total. The number of nitrogens with zero attached hydrogens (tertiary/aromatic N) is 4. The van der Waals surface area contributed by atoms with Crippen molar-refractivity contribution in [2.24, 2.45) is 0 Å². The number of hydrogen-bond acceptors (Lipinski definition) is 5. The van der Waals surface area contributed by atoms with E-state index in [1.807, 2.05) is 29.2 Å². The number of amides is 2. The van der Waals surface area contributed by atoms with Crippen LogP contribution in [0.25, 0.3) is 0 Å². The van der Waals surface area contributed by atoms with E-state index in [1.165, 1.54) is 6.42 Å². The zero-order valence-electron chi connectivity index (χ0n) is 18.4. The number of carbonyl (C=O) groups is 2. The molecule has 0 radical (unpaired) electrons. The maximum absolute atomic E-state index is 13.3. The number of carbonyl (C=O) groups excluding carboxylic acids is 2. The van der Waals surface area contributed by atoms with Crippen molar-refractivity contribution in [1.29, 1.82) is 0 Å². The van der Waals surface area contributed by atoms with Gasteiger partial charge in [0, 0.05) is 36.9 Å². The third-order valence-corrected chi connectivity index (χ3v) is 6.80. The molecule has 2 aromatic rings. The minimum Gasteiger partial charge on any atom is -0.368 e. The third-order valence-electron chi connectivity index (χ3n) is 6.80. The van der Waals surface area contributed by atoms with Crippen molar-refractivity contribution < 1.29 is 14.3 Å². The highest BCUT2D eigenvalue weighted by Crippen LogP contribution is 2.39. The Morgan fingerprint density at radius 1 is 1.12 bits per heavy atom. The zero-order valence-corrected chi connectivity index (χ0v) is 18.4. The van der Waals surface area contributed by atoms with Gasteiger partial charge < -0.3 is 14.5 Å². The molecule has 2 amide bonds. The number of aromatic amines is 1. The Labute approximate surface area is 188 Å². The van der Waals surface area contributed by atoms with E-state index in [9.17, 15) is 9.59 Å². The van der Waals surface area contributed by atoms with Crippen LogP contribution in [-0.4, -0.2) is 68.6 Å². The monoisotopic (exact) mass is 437 g/mol. The molecule has 8 heteroatoms. The van der Waals surface area contributed by atoms with Gasteiger partial charge in [0.2, 0.25) is 5.91 Å². The van der Waals surface area contributed by atoms with Crippen molar-refractivity contribution in [2.45, 2.75) is 69.6 Å². The third kappa shape index (κ3) is 4.85. The first-order valence-corrected chi connectivity index (χ1v) is 11.8. The predicted octanol–water partition coefficient (Wildman–Crippen LogP) is 2.88. The number of nitrogens with one attached hydrogen (secondary N) is 1. The molecule has 0 aromatic carbocycles. The highest BCUT2D eigenvalue weighted by Gasteiger charge is 2.36. The Morgan fingerprint density at radius 2 is 1.97 bits per heavy atom. The van der Waals surface area contributed by atoms with E-state index in [0.717, 1.165) is 49.9 Å². The topological polar surface area (TPSA) is 91.4 Å². The molecule has 3 fully saturated rings. The van der Waals surface area contributed by atoms with Crippen LogP contribution in [0.1, 0.15) is 72.7 Å². The van der Waals surface area contributed by atoms with Crippen molar-refractivity contribution in [1.82, 2.24) is 25.0 Å². The van der Waals surface area contributed by atoms with Crippen LogP contribution in [0.3, 0.4) is 0 Å². The Kier molecular flexibility index (Phi) is 6.21. The van der Waals surface area contributed by atoms with E-state index in [0.29, 0.717) is 31.3 Å². The van der Waals surface area contributed by atoms with Crippen LogP contribution in [0.2, 0.25) is 0 Å². The normalized spacial score (nSPS) is 22.8. The molecular weight excluding hydrogens is 406 g/mol. The quantitative estimate of drug-likeness (QED) is 0.750. The molecule has 1 unspecified atom stereocenters. The fourth-order valence-electron chi connectivity index (χ4n) is 4.85. The summed E-state index contributed by atoms with van der Waals surface area (Å²) in [5.41, 5.74) is 2.24. The summed E-state index contributed by atoms with van der Waals surface area (Å²) >= 11 is 0. The standard InChI is InChI=1S/C24H31N5O3/c30-23-15-28(24(31)22-12-21(26-27-22)17-9-10-17)13-20(32-16-18-6-4-5-11-25-18)14-29(23)19-7-2-1-3-8-19/h4-6,11-12,17,19-20H,1-3,7-10,13-16H2,(H,26,27). The average Bonchev–Trinajstić information content (AvgIpc) is 3.59. The summed E-state index contributed by atoms with van der Waals surface area (Å²) in [6.45, 7) is 1.30. The molecule has 1 saturated heterocycles. The number of rotatable bonds is 6. The molecule has 3 aliphatic rings. The summed E-state index contributed by atoms with van der Waals surface area (Å²) in [7, 11) is 0. The molecule has 32 heavy (non-hydrogen) atoms. The molecule has 2 saturated carbocycles.